The molecule has 27 heavy (non-hydrogen) atoms. The molecule has 2 aromatic carbocycles. The fraction of sp³-hybridized carbons (Fsp3) is 0.364. The average molecular weight is 367 g/mol. The third-order valence-electron chi connectivity index (χ3n) is 4.54. The van der Waals surface area contributed by atoms with Gasteiger partial charge in [-0.1, -0.05) is 24.3 Å². The highest BCUT2D eigenvalue weighted by atomic mass is 16.5. The number of nitrogens with zero attached hydrogens (tertiary/aromatic N) is 1. The van der Waals surface area contributed by atoms with Gasteiger partial charge in [0.2, 0.25) is 0 Å². The average Bonchev–Trinajstić information content (AvgIpc) is 2.67. The maximum atomic E-state index is 12.7. The van der Waals surface area contributed by atoms with Crippen LogP contribution in [0, 0.1) is 0 Å². The van der Waals surface area contributed by atoms with E-state index in [2.05, 4.69) is 6.07 Å². The largest absolute Gasteiger partial charge is 0.491 e. The van der Waals surface area contributed by atoms with Crippen LogP contribution < -0.4 is 4.74 Å². The van der Waals surface area contributed by atoms with Crippen LogP contribution in [-0.2, 0) is 22.5 Å². The maximum absolute atomic E-state index is 12.7. The number of benzene rings is 2. The Bertz CT molecular complexity index is 813. The third-order valence-corrected chi connectivity index (χ3v) is 4.54. The van der Waals surface area contributed by atoms with Crippen molar-refractivity contribution in [2.45, 2.75) is 45.9 Å². The lowest BCUT2D eigenvalue weighted by Crippen LogP contribution is -2.42. The topological polar surface area (TPSA) is 55.8 Å². The zero-order valence-electron chi connectivity index (χ0n) is 16.0. The summed E-state index contributed by atoms with van der Waals surface area (Å²) in [5, 5.41) is 0. The van der Waals surface area contributed by atoms with Crippen molar-refractivity contribution < 1.29 is 19.1 Å². The number of esters is 1. The number of hydrogen-bond donors (Lipinski definition) is 0. The van der Waals surface area contributed by atoms with Gasteiger partial charge in [0.05, 0.1) is 11.7 Å². The Morgan fingerprint density at radius 2 is 1.63 bits per heavy atom. The van der Waals surface area contributed by atoms with Gasteiger partial charge in [-0.2, -0.15) is 0 Å². The van der Waals surface area contributed by atoms with E-state index in [-0.39, 0.29) is 12.0 Å². The van der Waals surface area contributed by atoms with E-state index in [0.717, 1.165) is 12.0 Å². The lowest BCUT2D eigenvalue weighted by Gasteiger charge is -2.30. The van der Waals surface area contributed by atoms with E-state index in [1.54, 1.807) is 36.1 Å². The Morgan fingerprint density at radius 3 is 2.30 bits per heavy atom. The minimum absolute atomic E-state index is 0.0649. The summed E-state index contributed by atoms with van der Waals surface area (Å²) in [6.07, 6.45) is 0.0596. The van der Waals surface area contributed by atoms with Gasteiger partial charge in [0.15, 0.2) is 6.10 Å². The molecule has 2 aromatic rings. The van der Waals surface area contributed by atoms with Gasteiger partial charge in [-0.25, -0.2) is 4.79 Å². The molecule has 1 aliphatic rings. The summed E-state index contributed by atoms with van der Waals surface area (Å²) >= 11 is 0. The molecule has 0 saturated heterocycles. The van der Waals surface area contributed by atoms with E-state index in [4.69, 9.17) is 9.47 Å². The summed E-state index contributed by atoms with van der Waals surface area (Å²) in [4.78, 5) is 26.8. The highest BCUT2D eigenvalue weighted by Crippen LogP contribution is 2.20. The van der Waals surface area contributed by atoms with Crippen LogP contribution in [0.1, 0.15) is 42.3 Å². The number of hydrogen-bond acceptors (Lipinski definition) is 4. The number of ether oxygens (including phenoxy) is 2. The van der Waals surface area contributed by atoms with Gasteiger partial charge in [-0.05, 0) is 62.6 Å². The summed E-state index contributed by atoms with van der Waals surface area (Å²) in [5.41, 5.74) is 2.82. The van der Waals surface area contributed by atoms with E-state index >= 15 is 0 Å². The minimum Gasteiger partial charge on any atom is -0.491 e. The van der Waals surface area contributed by atoms with Crippen molar-refractivity contribution in [3.05, 3.63) is 65.2 Å². The zero-order valence-corrected chi connectivity index (χ0v) is 16.0. The first-order valence-corrected chi connectivity index (χ1v) is 9.27. The van der Waals surface area contributed by atoms with Crippen molar-refractivity contribution in [2.24, 2.45) is 0 Å². The van der Waals surface area contributed by atoms with Gasteiger partial charge >= 0.3 is 5.97 Å². The highest BCUT2D eigenvalue weighted by Gasteiger charge is 2.27. The molecule has 1 aliphatic heterocycles. The molecular formula is C22H25NO4. The van der Waals surface area contributed by atoms with Crippen molar-refractivity contribution in [1.82, 2.24) is 4.90 Å². The molecule has 0 aromatic heterocycles. The molecule has 1 heterocycles. The van der Waals surface area contributed by atoms with Crippen molar-refractivity contribution in [1.29, 1.82) is 0 Å². The van der Waals surface area contributed by atoms with Crippen molar-refractivity contribution in [3.63, 3.8) is 0 Å². The molecule has 5 heteroatoms. The number of rotatable bonds is 5. The molecule has 5 nitrogen and oxygen atoms in total. The molecule has 0 aliphatic carbocycles. The molecule has 0 radical (unpaired) electrons. The van der Waals surface area contributed by atoms with Crippen molar-refractivity contribution >= 4 is 11.9 Å². The van der Waals surface area contributed by atoms with Crippen LogP contribution >= 0.6 is 0 Å². The van der Waals surface area contributed by atoms with E-state index < -0.39 is 12.1 Å². The minimum atomic E-state index is -0.825. The van der Waals surface area contributed by atoms with Gasteiger partial charge in [0, 0.05) is 13.1 Å². The molecule has 0 spiro atoms. The Morgan fingerprint density at radius 1 is 0.963 bits per heavy atom. The van der Waals surface area contributed by atoms with Gasteiger partial charge in [0.1, 0.15) is 5.75 Å². The van der Waals surface area contributed by atoms with E-state index in [1.165, 1.54) is 5.56 Å². The summed E-state index contributed by atoms with van der Waals surface area (Å²) in [6.45, 7) is 6.69. The van der Waals surface area contributed by atoms with Crippen LogP contribution in [0.5, 0.6) is 5.75 Å². The van der Waals surface area contributed by atoms with E-state index in [1.807, 2.05) is 32.0 Å². The molecule has 0 saturated carbocycles. The summed E-state index contributed by atoms with van der Waals surface area (Å²) in [6, 6.07) is 14.9. The van der Waals surface area contributed by atoms with Crippen LogP contribution in [0.15, 0.2) is 48.5 Å². The fourth-order valence-electron chi connectivity index (χ4n) is 3.16. The molecule has 0 N–H and O–H groups in total. The van der Waals surface area contributed by atoms with Crippen LogP contribution in [0.3, 0.4) is 0 Å². The molecule has 3 rings (SSSR count). The summed E-state index contributed by atoms with van der Waals surface area (Å²) in [5.74, 6) is 0.0135. The number of fused-ring (bicyclic) bond motifs is 1. The predicted octanol–water partition coefficient (Wildman–Crippen LogP) is 3.60. The first-order chi connectivity index (χ1) is 12.9. The molecule has 0 unspecified atom stereocenters. The molecular weight excluding hydrogens is 342 g/mol. The van der Waals surface area contributed by atoms with Gasteiger partial charge in [0.25, 0.3) is 5.91 Å². The highest BCUT2D eigenvalue weighted by molar-refractivity contribution is 5.92. The fourth-order valence-corrected chi connectivity index (χ4v) is 3.16. The van der Waals surface area contributed by atoms with Crippen LogP contribution in [0.25, 0.3) is 0 Å². The number of amides is 1. The summed E-state index contributed by atoms with van der Waals surface area (Å²) < 4.78 is 11.0. The monoisotopic (exact) mass is 367 g/mol. The second-order valence-corrected chi connectivity index (χ2v) is 7.02. The molecule has 0 fully saturated rings. The first-order valence-electron chi connectivity index (χ1n) is 9.27. The van der Waals surface area contributed by atoms with Crippen molar-refractivity contribution in [2.75, 3.05) is 6.54 Å². The third kappa shape index (κ3) is 4.67. The lowest BCUT2D eigenvalue weighted by atomic mass is 9.99. The van der Waals surface area contributed by atoms with Gasteiger partial charge < -0.3 is 14.4 Å². The number of carbonyl (C=O) groups excluding carboxylic acids is 2. The van der Waals surface area contributed by atoms with E-state index in [9.17, 15) is 9.59 Å². The van der Waals surface area contributed by atoms with Crippen LogP contribution in [-0.4, -0.2) is 35.5 Å². The van der Waals surface area contributed by atoms with Gasteiger partial charge in [-0.15, -0.1) is 0 Å². The molecule has 1 amide bonds. The van der Waals surface area contributed by atoms with E-state index in [0.29, 0.717) is 24.4 Å². The van der Waals surface area contributed by atoms with Crippen molar-refractivity contribution in [3.8, 4) is 5.75 Å². The quantitative estimate of drug-likeness (QED) is 0.758. The first kappa shape index (κ1) is 19.0. The number of carbonyl (C=O) groups is 2. The van der Waals surface area contributed by atoms with Crippen LogP contribution in [0.2, 0.25) is 0 Å². The summed E-state index contributed by atoms with van der Waals surface area (Å²) in [7, 11) is 0. The standard InChI is InChI=1S/C22H25NO4/c1-15(2)26-20-10-8-18(9-11-20)22(25)27-16(3)21(24)23-13-12-17-6-4-5-7-19(17)14-23/h4-11,15-16H,12-14H2,1-3H3/t16-/m0/s1. The smallest absolute Gasteiger partial charge is 0.338 e. The lowest BCUT2D eigenvalue weighted by molar-refractivity contribution is -0.140. The Labute approximate surface area is 159 Å². The molecule has 1 atom stereocenters. The predicted molar refractivity (Wildman–Crippen MR) is 103 cm³/mol. The Hall–Kier alpha value is -2.82. The normalized spacial score (nSPS) is 14.4. The molecule has 142 valence electrons. The Kier molecular flexibility index (Phi) is 5.79. The van der Waals surface area contributed by atoms with Gasteiger partial charge in [-0.3, -0.25) is 4.79 Å². The zero-order chi connectivity index (χ0) is 19.4. The second-order valence-electron chi connectivity index (χ2n) is 7.02. The second kappa shape index (κ2) is 8.25. The Balaban J connectivity index is 1.59. The van der Waals surface area contributed by atoms with Crippen LogP contribution in [0.4, 0.5) is 0 Å². The maximum Gasteiger partial charge on any atom is 0.338 e. The SMILES string of the molecule is CC(C)Oc1ccc(C(=O)O[C@@H](C)C(=O)N2CCc3ccccc3C2)cc1. The molecule has 0 bridgehead atoms.